The number of carbonyl (C=O) groups excluding carboxylic acids is 1. The number of nitrogens with one attached hydrogen (secondary N) is 3. The van der Waals surface area contributed by atoms with E-state index in [9.17, 15) is 4.79 Å². The quantitative estimate of drug-likeness (QED) is 0.392. The number of aliphatic imine (C=N–C) groups is 1. The van der Waals surface area contributed by atoms with Crippen LogP contribution in [0.3, 0.4) is 0 Å². The maximum absolute atomic E-state index is 11.7. The predicted molar refractivity (Wildman–Crippen MR) is 90.0 cm³/mol. The van der Waals surface area contributed by atoms with Gasteiger partial charge in [-0.05, 0) is 26.7 Å². The first-order valence-corrected chi connectivity index (χ1v) is 6.69. The van der Waals surface area contributed by atoms with Crippen molar-refractivity contribution in [3.05, 3.63) is 0 Å². The van der Waals surface area contributed by atoms with E-state index in [4.69, 9.17) is 0 Å². The van der Waals surface area contributed by atoms with Crippen molar-refractivity contribution >= 4 is 35.8 Å². The highest BCUT2D eigenvalue weighted by molar-refractivity contribution is 14.0. The second kappa shape index (κ2) is 8.60. The van der Waals surface area contributed by atoms with Crippen LogP contribution in [0.1, 0.15) is 39.5 Å². The second-order valence-corrected chi connectivity index (χ2v) is 5.51. The molecule has 0 bridgehead atoms. The van der Waals surface area contributed by atoms with Gasteiger partial charge in [0, 0.05) is 26.7 Å². The first-order chi connectivity index (χ1) is 8.49. The fourth-order valence-corrected chi connectivity index (χ4v) is 2.18. The molecule has 0 aromatic heterocycles. The standard InChI is InChI=1S/C13H26N4O.HI/c1-13(2,11(18)14-3)9-16-12(15-4)17-10-7-5-6-8-10;/h10H,5-9H2,1-4H3,(H,14,18)(H2,15,16,17);1H. The number of hydrogen-bond donors (Lipinski definition) is 3. The molecule has 1 amide bonds. The van der Waals surface area contributed by atoms with Crippen molar-refractivity contribution in [1.29, 1.82) is 0 Å². The molecule has 6 heteroatoms. The molecule has 0 atom stereocenters. The zero-order chi connectivity index (χ0) is 13.6. The third-order valence-electron chi connectivity index (χ3n) is 3.46. The minimum atomic E-state index is -0.442. The molecule has 1 aliphatic rings. The largest absolute Gasteiger partial charge is 0.359 e. The highest BCUT2D eigenvalue weighted by atomic mass is 127. The molecule has 112 valence electrons. The lowest BCUT2D eigenvalue weighted by Crippen LogP contribution is -2.49. The van der Waals surface area contributed by atoms with Gasteiger partial charge in [0.05, 0.1) is 5.41 Å². The van der Waals surface area contributed by atoms with Crippen molar-refractivity contribution in [2.45, 2.75) is 45.6 Å². The lowest BCUT2D eigenvalue weighted by atomic mass is 9.92. The van der Waals surface area contributed by atoms with E-state index < -0.39 is 5.41 Å². The number of hydrogen-bond acceptors (Lipinski definition) is 2. The van der Waals surface area contributed by atoms with E-state index in [2.05, 4.69) is 20.9 Å². The van der Waals surface area contributed by atoms with Crippen LogP contribution in [-0.2, 0) is 4.79 Å². The summed E-state index contributed by atoms with van der Waals surface area (Å²) in [4.78, 5) is 15.9. The number of carbonyl (C=O) groups is 1. The lowest BCUT2D eigenvalue weighted by Gasteiger charge is -2.25. The van der Waals surface area contributed by atoms with Gasteiger partial charge in [-0.2, -0.15) is 0 Å². The molecule has 0 radical (unpaired) electrons. The Balaban J connectivity index is 0.00000324. The van der Waals surface area contributed by atoms with Gasteiger partial charge in [0.2, 0.25) is 5.91 Å². The monoisotopic (exact) mass is 382 g/mol. The molecular formula is C13H27IN4O. The van der Waals surface area contributed by atoms with Gasteiger partial charge in [-0.1, -0.05) is 12.8 Å². The van der Waals surface area contributed by atoms with Gasteiger partial charge in [0.15, 0.2) is 5.96 Å². The Bertz CT molecular complexity index is 312. The zero-order valence-electron chi connectivity index (χ0n) is 12.4. The normalized spacial score (nSPS) is 16.7. The van der Waals surface area contributed by atoms with Crippen molar-refractivity contribution in [2.75, 3.05) is 20.6 Å². The first-order valence-electron chi connectivity index (χ1n) is 6.69. The number of halogens is 1. The Hall–Kier alpha value is -0.530. The molecule has 3 N–H and O–H groups in total. The van der Waals surface area contributed by atoms with Gasteiger partial charge in [-0.15, -0.1) is 24.0 Å². The summed E-state index contributed by atoms with van der Waals surface area (Å²) in [6, 6.07) is 0.527. The summed E-state index contributed by atoms with van der Waals surface area (Å²) < 4.78 is 0. The number of rotatable bonds is 4. The summed E-state index contributed by atoms with van der Waals surface area (Å²) in [5.74, 6) is 0.824. The number of amides is 1. The lowest BCUT2D eigenvalue weighted by molar-refractivity contribution is -0.128. The smallest absolute Gasteiger partial charge is 0.227 e. The van der Waals surface area contributed by atoms with Crippen LogP contribution in [0, 0.1) is 5.41 Å². The van der Waals surface area contributed by atoms with Crippen LogP contribution in [0.4, 0.5) is 0 Å². The van der Waals surface area contributed by atoms with Crippen molar-refractivity contribution < 1.29 is 4.79 Å². The molecule has 0 heterocycles. The van der Waals surface area contributed by atoms with Crippen molar-refractivity contribution in [1.82, 2.24) is 16.0 Å². The summed E-state index contributed by atoms with van der Waals surface area (Å²) >= 11 is 0. The fraction of sp³-hybridized carbons (Fsp3) is 0.846. The maximum atomic E-state index is 11.7. The van der Waals surface area contributed by atoms with Crippen LogP contribution in [0.2, 0.25) is 0 Å². The van der Waals surface area contributed by atoms with E-state index in [1.807, 2.05) is 13.8 Å². The Kier molecular flexibility index (Phi) is 8.36. The summed E-state index contributed by atoms with van der Waals surface area (Å²) in [5.41, 5.74) is -0.442. The van der Waals surface area contributed by atoms with E-state index >= 15 is 0 Å². The molecule has 0 spiro atoms. The van der Waals surface area contributed by atoms with Crippen molar-refractivity contribution in [2.24, 2.45) is 10.4 Å². The topological polar surface area (TPSA) is 65.5 Å². The Labute approximate surface area is 133 Å². The Morgan fingerprint density at radius 1 is 1.32 bits per heavy atom. The van der Waals surface area contributed by atoms with E-state index in [1.165, 1.54) is 25.7 Å². The Morgan fingerprint density at radius 3 is 2.37 bits per heavy atom. The van der Waals surface area contributed by atoms with Crippen molar-refractivity contribution in [3.8, 4) is 0 Å². The van der Waals surface area contributed by atoms with E-state index in [0.717, 1.165) is 5.96 Å². The van der Waals surface area contributed by atoms with Crippen molar-refractivity contribution in [3.63, 3.8) is 0 Å². The van der Waals surface area contributed by atoms with E-state index in [-0.39, 0.29) is 29.9 Å². The van der Waals surface area contributed by atoms with E-state index in [1.54, 1.807) is 14.1 Å². The molecule has 0 aliphatic heterocycles. The van der Waals surface area contributed by atoms with Gasteiger partial charge in [0.25, 0.3) is 0 Å². The molecule has 19 heavy (non-hydrogen) atoms. The fourth-order valence-electron chi connectivity index (χ4n) is 2.18. The molecular weight excluding hydrogens is 355 g/mol. The maximum Gasteiger partial charge on any atom is 0.227 e. The minimum absolute atomic E-state index is 0. The summed E-state index contributed by atoms with van der Waals surface area (Å²) in [7, 11) is 3.42. The molecule has 1 rings (SSSR count). The zero-order valence-corrected chi connectivity index (χ0v) is 14.7. The molecule has 0 aromatic carbocycles. The molecule has 0 aromatic rings. The van der Waals surface area contributed by atoms with Crippen LogP contribution in [-0.4, -0.2) is 38.5 Å². The van der Waals surface area contributed by atoms with Gasteiger partial charge in [-0.3, -0.25) is 9.79 Å². The van der Waals surface area contributed by atoms with Gasteiger partial charge in [-0.25, -0.2) is 0 Å². The third kappa shape index (κ3) is 5.97. The average molecular weight is 382 g/mol. The van der Waals surface area contributed by atoms with E-state index in [0.29, 0.717) is 12.6 Å². The SMILES string of the molecule is CN=C(NCC(C)(C)C(=O)NC)NC1CCCC1.I. The van der Waals surface area contributed by atoms with Crippen LogP contribution in [0.5, 0.6) is 0 Å². The third-order valence-corrected chi connectivity index (χ3v) is 3.46. The molecule has 1 fully saturated rings. The first kappa shape index (κ1) is 18.5. The molecule has 1 aliphatic carbocycles. The van der Waals surface area contributed by atoms with Gasteiger partial charge < -0.3 is 16.0 Å². The van der Waals surface area contributed by atoms with Crippen LogP contribution < -0.4 is 16.0 Å². The molecule has 0 unspecified atom stereocenters. The molecule has 1 saturated carbocycles. The second-order valence-electron chi connectivity index (χ2n) is 5.51. The predicted octanol–water partition coefficient (Wildman–Crippen LogP) is 1.48. The average Bonchev–Trinajstić information content (AvgIpc) is 2.86. The van der Waals surface area contributed by atoms with Gasteiger partial charge in [0.1, 0.15) is 0 Å². The highest BCUT2D eigenvalue weighted by Gasteiger charge is 2.27. The summed E-state index contributed by atoms with van der Waals surface area (Å²) in [5, 5.41) is 9.31. The molecule has 5 nitrogen and oxygen atoms in total. The molecule has 0 saturated heterocycles. The number of nitrogens with zero attached hydrogens (tertiary/aromatic N) is 1. The number of guanidine groups is 1. The van der Waals surface area contributed by atoms with Crippen LogP contribution >= 0.6 is 24.0 Å². The minimum Gasteiger partial charge on any atom is -0.359 e. The van der Waals surface area contributed by atoms with Gasteiger partial charge >= 0.3 is 0 Å². The summed E-state index contributed by atoms with van der Waals surface area (Å²) in [6.45, 7) is 4.41. The summed E-state index contributed by atoms with van der Waals surface area (Å²) in [6.07, 6.45) is 5.00. The van der Waals surface area contributed by atoms with Crippen LogP contribution in [0.15, 0.2) is 4.99 Å². The van der Waals surface area contributed by atoms with Crippen LogP contribution in [0.25, 0.3) is 0 Å². The Morgan fingerprint density at radius 2 is 1.89 bits per heavy atom. The highest BCUT2D eigenvalue weighted by Crippen LogP contribution is 2.17.